The van der Waals surface area contributed by atoms with Crippen LogP contribution in [0.15, 0.2) is 34.1 Å². The van der Waals surface area contributed by atoms with E-state index in [9.17, 15) is 4.79 Å². The molecule has 2 heterocycles. The Morgan fingerprint density at radius 1 is 1.53 bits per heavy atom. The first-order valence-corrected chi connectivity index (χ1v) is 6.42. The van der Waals surface area contributed by atoms with Crippen molar-refractivity contribution in [2.75, 3.05) is 12.9 Å². The van der Waals surface area contributed by atoms with Crippen molar-refractivity contribution in [3.05, 3.63) is 34.9 Å². The SMILES string of the molecule is COC1CSc2cccc3cnc(=O)n(c23)C1. The van der Waals surface area contributed by atoms with Crippen LogP contribution in [0.3, 0.4) is 0 Å². The number of hydrogen-bond donors (Lipinski definition) is 0. The summed E-state index contributed by atoms with van der Waals surface area (Å²) in [5, 5.41) is 1.01. The molecular weight excluding hydrogens is 236 g/mol. The van der Waals surface area contributed by atoms with Gasteiger partial charge in [-0.25, -0.2) is 9.78 Å². The number of para-hydroxylation sites is 1. The molecule has 0 saturated heterocycles. The molecule has 5 heteroatoms. The van der Waals surface area contributed by atoms with Gasteiger partial charge in [0.05, 0.1) is 18.2 Å². The largest absolute Gasteiger partial charge is 0.379 e. The Hall–Kier alpha value is -1.33. The van der Waals surface area contributed by atoms with Gasteiger partial charge in [0.15, 0.2) is 0 Å². The fourth-order valence-corrected chi connectivity index (χ4v) is 3.24. The predicted octanol–water partition coefficient (Wildman–Crippen LogP) is 1.52. The van der Waals surface area contributed by atoms with Crippen LogP contribution in [0.2, 0.25) is 0 Å². The summed E-state index contributed by atoms with van der Waals surface area (Å²) in [5.41, 5.74) is 0.784. The molecule has 0 saturated carbocycles. The number of hydrogen-bond acceptors (Lipinski definition) is 4. The topological polar surface area (TPSA) is 44.1 Å². The zero-order valence-corrected chi connectivity index (χ0v) is 10.2. The summed E-state index contributed by atoms with van der Waals surface area (Å²) in [4.78, 5) is 16.9. The second-order valence-electron chi connectivity index (χ2n) is 4.01. The number of nitrogens with zero attached hydrogens (tertiary/aromatic N) is 2. The van der Waals surface area contributed by atoms with Crippen molar-refractivity contribution >= 4 is 22.7 Å². The van der Waals surface area contributed by atoms with E-state index in [1.165, 1.54) is 0 Å². The molecule has 1 unspecified atom stereocenters. The van der Waals surface area contributed by atoms with E-state index >= 15 is 0 Å². The van der Waals surface area contributed by atoms with Gasteiger partial charge in [-0.3, -0.25) is 4.57 Å². The third-order valence-electron chi connectivity index (χ3n) is 2.99. The van der Waals surface area contributed by atoms with Crippen LogP contribution in [0.1, 0.15) is 0 Å². The Morgan fingerprint density at radius 2 is 2.41 bits per heavy atom. The molecule has 1 atom stereocenters. The molecule has 17 heavy (non-hydrogen) atoms. The van der Waals surface area contributed by atoms with E-state index in [4.69, 9.17) is 4.74 Å². The van der Waals surface area contributed by atoms with E-state index in [-0.39, 0.29) is 11.8 Å². The lowest BCUT2D eigenvalue weighted by Crippen LogP contribution is -2.29. The molecule has 2 aromatic rings. The minimum absolute atomic E-state index is 0.0532. The van der Waals surface area contributed by atoms with E-state index in [0.29, 0.717) is 6.54 Å². The molecular formula is C12H12N2O2S. The Balaban J connectivity index is 2.32. The van der Waals surface area contributed by atoms with Gasteiger partial charge in [0.1, 0.15) is 0 Å². The second kappa shape index (κ2) is 4.16. The second-order valence-corrected chi connectivity index (χ2v) is 5.08. The van der Waals surface area contributed by atoms with E-state index in [0.717, 1.165) is 21.6 Å². The molecule has 0 amide bonds. The van der Waals surface area contributed by atoms with Crippen LogP contribution in [0.4, 0.5) is 0 Å². The van der Waals surface area contributed by atoms with E-state index in [1.807, 2.05) is 18.2 Å². The molecule has 0 N–H and O–H groups in total. The zero-order chi connectivity index (χ0) is 11.8. The summed E-state index contributed by atoms with van der Waals surface area (Å²) in [6.45, 7) is 0.573. The van der Waals surface area contributed by atoms with Crippen molar-refractivity contribution in [3.63, 3.8) is 0 Å². The summed E-state index contributed by atoms with van der Waals surface area (Å²) < 4.78 is 7.10. The molecule has 0 fully saturated rings. The molecule has 4 nitrogen and oxygen atoms in total. The van der Waals surface area contributed by atoms with Crippen molar-refractivity contribution in [1.29, 1.82) is 0 Å². The number of benzene rings is 1. The smallest absolute Gasteiger partial charge is 0.348 e. The predicted molar refractivity (Wildman–Crippen MR) is 67.5 cm³/mol. The van der Waals surface area contributed by atoms with Crippen LogP contribution in [0.25, 0.3) is 10.9 Å². The number of thioether (sulfide) groups is 1. The van der Waals surface area contributed by atoms with Crippen molar-refractivity contribution in [2.24, 2.45) is 0 Å². The highest BCUT2D eigenvalue weighted by Gasteiger charge is 2.19. The third-order valence-corrected chi connectivity index (χ3v) is 4.17. The first-order chi connectivity index (χ1) is 8.29. The van der Waals surface area contributed by atoms with Gasteiger partial charge in [-0.1, -0.05) is 12.1 Å². The highest BCUT2D eigenvalue weighted by Crippen LogP contribution is 2.30. The maximum absolute atomic E-state index is 11.9. The lowest BCUT2D eigenvalue weighted by Gasteiger charge is -2.13. The van der Waals surface area contributed by atoms with Gasteiger partial charge in [-0.2, -0.15) is 0 Å². The molecule has 0 aliphatic carbocycles. The summed E-state index contributed by atoms with van der Waals surface area (Å²) in [6, 6.07) is 6.02. The Labute approximate surface area is 103 Å². The molecule has 0 spiro atoms. The van der Waals surface area contributed by atoms with Crippen LogP contribution in [0.5, 0.6) is 0 Å². The molecule has 1 aliphatic rings. The van der Waals surface area contributed by atoms with E-state index < -0.39 is 0 Å². The van der Waals surface area contributed by atoms with Crippen molar-refractivity contribution < 1.29 is 4.74 Å². The molecule has 1 aromatic heterocycles. The molecule has 3 rings (SSSR count). The standard InChI is InChI=1S/C12H12N2O2S/c1-16-9-6-14-11-8(5-13-12(14)15)3-2-4-10(11)17-7-9/h2-5,9H,6-7H2,1H3. The number of aromatic nitrogens is 2. The maximum atomic E-state index is 11.9. The monoisotopic (exact) mass is 248 g/mol. The van der Waals surface area contributed by atoms with Crippen LogP contribution in [0, 0.1) is 0 Å². The molecule has 0 bridgehead atoms. The fraction of sp³-hybridized carbons (Fsp3) is 0.333. The van der Waals surface area contributed by atoms with Crippen LogP contribution >= 0.6 is 11.8 Å². The van der Waals surface area contributed by atoms with Gasteiger partial charge in [0, 0.05) is 29.3 Å². The Bertz CT molecular complexity index is 623. The molecule has 88 valence electrons. The number of methoxy groups -OCH3 is 1. The molecule has 0 radical (unpaired) electrons. The van der Waals surface area contributed by atoms with Crippen LogP contribution in [-0.4, -0.2) is 28.5 Å². The fourth-order valence-electron chi connectivity index (χ4n) is 2.09. The van der Waals surface area contributed by atoms with Crippen LogP contribution in [-0.2, 0) is 11.3 Å². The number of rotatable bonds is 1. The van der Waals surface area contributed by atoms with Gasteiger partial charge in [-0.15, -0.1) is 11.8 Å². The quantitative estimate of drug-likeness (QED) is 0.767. The lowest BCUT2D eigenvalue weighted by atomic mass is 10.2. The van der Waals surface area contributed by atoms with Crippen LogP contribution < -0.4 is 5.69 Å². The molecule has 1 aliphatic heterocycles. The summed E-state index contributed by atoms with van der Waals surface area (Å²) in [7, 11) is 1.68. The van der Waals surface area contributed by atoms with Crippen molar-refractivity contribution in [3.8, 4) is 0 Å². The summed E-state index contributed by atoms with van der Waals surface area (Å²) >= 11 is 1.73. The van der Waals surface area contributed by atoms with E-state index in [1.54, 1.807) is 29.6 Å². The zero-order valence-electron chi connectivity index (χ0n) is 9.42. The first kappa shape index (κ1) is 10.8. The Morgan fingerprint density at radius 3 is 3.24 bits per heavy atom. The Kier molecular flexibility index (Phi) is 2.64. The lowest BCUT2D eigenvalue weighted by molar-refractivity contribution is 0.107. The normalized spacial score (nSPS) is 19.2. The summed E-state index contributed by atoms with van der Waals surface area (Å²) in [6.07, 6.45) is 1.70. The first-order valence-electron chi connectivity index (χ1n) is 5.44. The average molecular weight is 248 g/mol. The summed E-state index contributed by atoms with van der Waals surface area (Å²) in [5.74, 6) is 0.858. The van der Waals surface area contributed by atoms with Gasteiger partial charge in [0.25, 0.3) is 0 Å². The van der Waals surface area contributed by atoms with Gasteiger partial charge < -0.3 is 4.74 Å². The molecule has 1 aromatic carbocycles. The van der Waals surface area contributed by atoms with Crippen molar-refractivity contribution in [2.45, 2.75) is 17.5 Å². The third kappa shape index (κ3) is 1.75. The van der Waals surface area contributed by atoms with Gasteiger partial charge in [0.2, 0.25) is 0 Å². The van der Waals surface area contributed by atoms with Gasteiger partial charge >= 0.3 is 5.69 Å². The highest BCUT2D eigenvalue weighted by atomic mass is 32.2. The maximum Gasteiger partial charge on any atom is 0.348 e. The van der Waals surface area contributed by atoms with Gasteiger partial charge in [-0.05, 0) is 6.07 Å². The minimum Gasteiger partial charge on any atom is -0.379 e. The average Bonchev–Trinajstić information content (AvgIpc) is 2.55. The highest BCUT2D eigenvalue weighted by molar-refractivity contribution is 7.99. The number of ether oxygens (including phenoxy) is 1. The minimum atomic E-state index is -0.200. The van der Waals surface area contributed by atoms with E-state index in [2.05, 4.69) is 4.98 Å². The van der Waals surface area contributed by atoms with Crippen molar-refractivity contribution in [1.82, 2.24) is 9.55 Å².